The van der Waals surface area contributed by atoms with Crippen molar-refractivity contribution >= 4 is 17.5 Å². The number of halogens is 1. The van der Waals surface area contributed by atoms with E-state index in [2.05, 4.69) is 54.9 Å². The molecule has 5 rings (SSSR count). The van der Waals surface area contributed by atoms with Crippen LogP contribution in [0.5, 0.6) is 0 Å². The number of anilines is 3. The van der Waals surface area contributed by atoms with E-state index in [0.29, 0.717) is 17.4 Å². The smallest absolute Gasteiger partial charge is 0.365 e. The maximum Gasteiger partial charge on any atom is 0.365 e. The summed E-state index contributed by atoms with van der Waals surface area (Å²) in [6.07, 6.45) is 5.47. The summed E-state index contributed by atoms with van der Waals surface area (Å²) >= 11 is 0. The Hall–Kier alpha value is -3.34. The highest BCUT2D eigenvalue weighted by atomic mass is 19.1. The topological polar surface area (TPSA) is 117 Å². The van der Waals surface area contributed by atoms with Gasteiger partial charge in [-0.1, -0.05) is 6.07 Å². The summed E-state index contributed by atoms with van der Waals surface area (Å²) in [5.41, 5.74) is 1.70. The fourth-order valence-electron chi connectivity index (χ4n) is 5.24. The first-order valence-electron chi connectivity index (χ1n) is 11.2. The van der Waals surface area contributed by atoms with Crippen molar-refractivity contribution in [1.82, 2.24) is 35.1 Å². The molecular weight excluding hydrogens is 425 g/mol. The van der Waals surface area contributed by atoms with Crippen LogP contribution in [0.15, 0.2) is 29.2 Å². The van der Waals surface area contributed by atoms with E-state index in [1.165, 1.54) is 23.7 Å². The zero-order valence-corrected chi connectivity index (χ0v) is 19.0. The van der Waals surface area contributed by atoms with Crippen LogP contribution >= 0.6 is 0 Å². The van der Waals surface area contributed by atoms with Crippen LogP contribution in [-0.4, -0.2) is 59.2 Å². The highest BCUT2D eigenvalue weighted by Crippen LogP contribution is 2.38. The minimum Gasteiger partial charge on any atom is -0.365 e. The first kappa shape index (κ1) is 21.5. The SMILES string of the molecule is Cc1ccc(Nc2ncc(F)c(NC3CC4CCCN4C(C)(C)C3)n2)cc1-n1nn[nH]c1=O. The van der Waals surface area contributed by atoms with Gasteiger partial charge in [0.2, 0.25) is 5.95 Å². The fourth-order valence-corrected chi connectivity index (χ4v) is 5.24. The summed E-state index contributed by atoms with van der Waals surface area (Å²) < 4.78 is 15.8. The number of benzene rings is 1. The van der Waals surface area contributed by atoms with Crippen molar-refractivity contribution in [3.05, 3.63) is 46.3 Å². The van der Waals surface area contributed by atoms with E-state index in [-0.39, 0.29) is 23.3 Å². The molecule has 2 aliphatic rings. The molecule has 0 bridgehead atoms. The number of hydrogen-bond donors (Lipinski definition) is 3. The van der Waals surface area contributed by atoms with Crippen LogP contribution in [0.2, 0.25) is 0 Å². The molecule has 2 aliphatic heterocycles. The second-order valence-electron chi connectivity index (χ2n) is 9.52. The Morgan fingerprint density at radius 2 is 2.15 bits per heavy atom. The number of hydrogen-bond acceptors (Lipinski definition) is 8. The van der Waals surface area contributed by atoms with Gasteiger partial charge in [-0.2, -0.15) is 9.67 Å². The highest BCUT2D eigenvalue weighted by molar-refractivity contribution is 5.60. The van der Waals surface area contributed by atoms with Gasteiger partial charge in [0.1, 0.15) is 0 Å². The predicted molar refractivity (Wildman–Crippen MR) is 122 cm³/mol. The molecule has 3 aromatic rings. The first-order chi connectivity index (χ1) is 15.8. The largest absolute Gasteiger partial charge is 0.365 e. The van der Waals surface area contributed by atoms with E-state index in [0.717, 1.165) is 24.9 Å². The van der Waals surface area contributed by atoms with Crippen molar-refractivity contribution in [2.45, 2.75) is 64.1 Å². The number of H-pyrrole nitrogens is 1. The van der Waals surface area contributed by atoms with Gasteiger partial charge in [0.15, 0.2) is 11.6 Å². The molecular formula is C22H28FN9O. The van der Waals surface area contributed by atoms with Gasteiger partial charge < -0.3 is 10.6 Å². The quantitative estimate of drug-likeness (QED) is 0.540. The Morgan fingerprint density at radius 1 is 1.30 bits per heavy atom. The Kier molecular flexibility index (Phi) is 5.35. The average Bonchev–Trinajstić information content (AvgIpc) is 3.41. The lowest BCUT2D eigenvalue weighted by Gasteiger charge is -2.47. The molecule has 11 heteroatoms. The van der Waals surface area contributed by atoms with Crippen LogP contribution in [0.25, 0.3) is 5.69 Å². The maximum absolute atomic E-state index is 14.6. The number of aromatic nitrogens is 6. The molecule has 0 amide bonds. The summed E-state index contributed by atoms with van der Waals surface area (Å²) in [4.78, 5) is 23.0. The molecule has 2 fully saturated rings. The monoisotopic (exact) mass is 453 g/mol. The van der Waals surface area contributed by atoms with Gasteiger partial charge in [-0.05, 0) is 81.1 Å². The Bertz CT molecular complexity index is 1220. The number of tetrazole rings is 1. The molecule has 2 saturated heterocycles. The molecule has 3 N–H and O–H groups in total. The number of piperidine rings is 1. The van der Waals surface area contributed by atoms with E-state index in [1.807, 2.05) is 19.1 Å². The lowest BCUT2D eigenvalue weighted by atomic mass is 9.84. The Balaban J connectivity index is 1.35. The van der Waals surface area contributed by atoms with Gasteiger partial charge in [-0.15, -0.1) is 0 Å². The molecule has 1 aromatic carbocycles. The third kappa shape index (κ3) is 4.20. The van der Waals surface area contributed by atoms with Gasteiger partial charge in [0, 0.05) is 23.3 Å². The van der Waals surface area contributed by atoms with Crippen LogP contribution in [0, 0.1) is 12.7 Å². The Labute approximate surface area is 190 Å². The minimum atomic E-state index is -0.481. The summed E-state index contributed by atoms with van der Waals surface area (Å²) in [5, 5.41) is 16.1. The molecule has 2 atom stereocenters. The summed E-state index contributed by atoms with van der Waals surface area (Å²) in [5.74, 6) is -0.0236. The minimum absolute atomic E-state index is 0.0686. The van der Waals surface area contributed by atoms with Crippen LogP contribution in [0.3, 0.4) is 0 Å². The second-order valence-corrected chi connectivity index (χ2v) is 9.52. The molecule has 0 radical (unpaired) electrons. The van der Waals surface area contributed by atoms with Crippen molar-refractivity contribution in [1.29, 1.82) is 0 Å². The van der Waals surface area contributed by atoms with Gasteiger partial charge in [-0.25, -0.2) is 19.3 Å². The van der Waals surface area contributed by atoms with Gasteiger partial charge in [-0.3, -0.25) is 4.90 Å². The normalized spacial score (nSPS) is 22.2. The van der Waals surface area contributed by atoms with E-state index >= 15 is 0 Å². The molecule has 0 spiro atoms. The first-order valence-corrected chi connectivity index (χ1v) is 11.2. The number of aryl methyl sites for hydroxylation is 1. The van der Waals surface area contributed by atoms with E-state index in [9.17, 15) is 9.18 Å². The van der Waals surface area contributed by atoms with Gasteiger partial charge in [0.25, 0.3) is 0 Å². The summed E-state index contributed by atoms with van der Waals surface area (Å²) in [6.45, 7) is 7.53. The third-order valence-electron chi connectivity index (χ3n) is 6.71. The maximum atomic E-state index is 14.6. The van der Waals surface area contributed by atoms with Crippen molar-refractivity contribution in [2.24, 2.45) is 0 Å². The van der Waals surface area contributed by atoms with Crippen LogP contribution in [0.1, 0.15) is 45.1 Å². The van der Waals surface area contributed by atoms with Crippen molar-refractivity contribution in [3.63, 3.8) is 0 Å². The van der Waals surface area contributed by atoms with Gasteiger partial charge in [0.05, 0.1) is 11.9 Å². The van der Waals surface area contributed by atoms with Gasteiger partial charge >= 0.3 is 5.69 Å². The summed E-state index contributed by atoms with van der Waals surface area (Å²) in [6, 6.07) is 6.10. The zero-order chi connectivity index (χ0) is 23.2. The van der Waals surface area contributed by atoms with E-state index < -0.39 is 11.5 Å². The molecule has 0 saturated carbocycles. The highest BCUT2D eigenvalue weighted by Gasteiger charge is 2.43. The molecule has 2 aromatic heterocycles. The lowest BCUT2D eigenvalue weighted by molar-refractivity contribution is 0.0500. The Morgan fingerprint density at radius 3 is 2.94 bits per heavy atom. The average molecular weight is 454 g/mol. The molecule has 33 heavy (non-hydrogen) atoms. The van der Waals surface area contributed by atoms with E-state index in [4.69, 9.17) is 0 Å². The second kappa shape index (κ2) is 8.22. The van der Waals surface area contributed by atoms with Crippen LogP contribution in [0.4, 0.5) is 21.8 Å². The number of rotatable bonds is 5. The molecule has 0 aliphatic carbocycles. The van der Waals surface area contributed by atoms with Crippen LogP contribution < -0.4 is 16.3 Å². The van der Waals surface area contributed by atoms with E-state index in [1.54, 1.807) is 6.07 Å². The predicted octanol–water partition coefficient (Wildman–Crippen LogP) is 2.75. The molecule has 174 valence electrons. The summed E-state index contributed by atoms with van der Waals surface area (Å²) in [7, 11) is 0. The lowest BCUT2D eigenvalue weighted by Crippen LogP contribution is -2.55. The number of nitrogens with one attached hydrogen (secondary N) is 3. The van der Waals surface area contributed by atoms with Crippen LogP contribution in [-0.2, 0) is 0 Å². The van der Waals surface area contributed by atoms with Crippen molar-refractivity contribution < 1.29 is 4.39 Å². The molecule has 2 unspecified atom stereocenters. The molecule has 4 heterocycles. The number of aromatic amines is 1. The third-order valence-corrected chi connectivity index (χ3v) is 6.71. The standard InChI is InChI=1S/C22H28FN9O/c1-13-6-7-14(10-18(13)32-21(33)28-29-30-32)26-20-24-12-17(23)19(27-20)25-15-9-16-5-4-8-31(16)22(2,3)11-15/h6-7,10,12,15-16H,4-5,8-9,11H2,1-3H3,(H,28,30,33)(H2,24,25,26,27). The van der Waals surface area contributed by atoms with Crippen molar-refractivity contribution in [3.8, 4) is 5.69 Å². The van der Waals surface area contributed by atoms with Crippen molar-refractivity contribution in [2.75, 3.05) is 17.2 Å². The number of fused-ring (bicyclic) bond motifs is 1. The number of nitrogens with zero attached hydrogens (tertiary/aromatic N) is 6. The fraction of sp³-hybridized carbons (Fsp3) is 0.500. The molecule has 10 nitrogen and oxygen atoms in total. The zero-order valence-electron chi connectivity index (χ0n) is 19.0.